The van der Waals surface area contributed by atoms with Crippen LogP contribution in [-0.4, -0.2) is 30.3 Å². The number of esters is 2. The van der Waals surface area contributed by atoms with Gasteiger partial charge >= 0.3 is 11.9 Å². The number of aromatic nitrogens is 1. The normalized spacial score (nSPS) is 10.1. The van der Waals surface area contributed by atoms with E-state index in [1.54, 1.807) is 6.92 Å². The SMILES string of the molecule is CCCCOC(=O)COC(=O)c1c(C)noc1N. The van der Waals surface area contributed by atoms with Crippen molar-refractivity contribution in [2.24, 2.45) is 0 Å². The molecular weight excluding hydrogens is 240 g/mol. The maximum Gasteiger partial charge on any atom is 0.346 e. The summed E-state index contributed by atoms with van der Waals surface area (Å²) < 4.78 is 14.2. The molecule has 1 rings (SSSR count). The van der Waals surface area contributed by atoms with Gasteiger partial charge in [-0.25, -0.2) is 9.59 Å². The third kappa shape index (κ3) is 3.76. The average molecular weight is 256 g/mol. The molecule has 0 amide bonds. The van der Waals surface area contributed by atoms with E-state index in [4.69, 9.17) is 15.2 Å². The Hall–Kier alpha value is -2.05. The highest BCUT2D eigenvalue weighted by atomic mass is 16.6. The molecule has 100 valence electrons. The lowest BCUT2D eigenvalue weighted by atomic mass is 10.2. The number of anilines is 1. The van der Waals surface area contributed by atoms with Crippen molar-refractivity contribution >= 4 is 17.8 Å². The molecule has 2 N–H and O–H groups in total. The van der Waals surface area contributed by atoms with Gasteiger partial charge in [0, 0.05) is 0 Å². The number of ether oxygens (including phenoxy) is 2. The number of hydrogen-bond donors (Lipinski definition) is 1. The molecule has 1 aromatic rings. The maximum atomic E-state index is 11.6. The number of aryl methyl sites for hydroxylation is 1. The Morgan fingerprint density at radius 2 is 2.11 bits per heavy atom. The van der Waals surface area contributed by atoms with E-state index < -0.39 is 18.5 Å². The lowest BCUT2D eigenvalue weighted by Gasteiger charge is -2.05. The van der Waals surface area contributed by atoms with E-state index in [1.807, 2.05) is 6.92 Å². The first-order valence-electron chi connectivity index (χ1n) is 5.60. The molecule has 0 radical (unpaired) electrons. The number of carbonyl (C=O) groups excluding carboxylic acids is 2. The maximum absolute atomic E-state index is 11.6. The van der Waals surface area contributed by atoms with Crippen molar-refractivity contribution in [1.82, 2.24) is 5.16 Å². The van der Waals surface area contributed by atoms with Gasteiger partial charge in [0.15, 0.2) is 6.61 Å². The second-order valence-corrected chi connectivity index (χ2v) is 3.66. The number of hydrogen-bond acceptors (Lipinski definition) is 7. The molecule has 0 aromatic carbocycles. The van der Waals surface area contributed by atoms with Crippen LogP contribution >= 0.6 is 0 Å². The quantitative estimate of drug-likeness (QED) is 0.599. The van der Waals surface area contributed by atoms with E-state index in [-0.39, 0.29) is 11.4 Å². The Morgan fingerprint density at radius 3 is 2.67 bits per heavy atom. The summed E-state index contributed by atoms with van der Waals surface area (Å²) in [5.74, 6) is -1.47. The zero-order chi connectivity index (χ0) is 13.5. The van der Waals surface area contributed by atoms with Crippen LogP contribution in [0.2, 0.25) is 0 Å². The first-order valence-corrected chi connectivity index (χ1v) is 5.60. The van der Waals surface area contributed by atoms with E-state index in [0.717, 1.165) is 12.8 Å². The standard InChI is InChI=1S/C11H16N2O5/c1-3-4-5-16-8(14)6-17-11(15)9-7(2)13-18-10(9)12/h3-6,12H2,1-2H3. The summed E-state index contributed by atoms with van der Waals surface area (Å²) in [7, 11) is 0. The van der Waals surface area contributed by atoms with Gasteiger partial charge < -0.3 is 19.7 Å². The summed E-state index contributed by atoms with van der Waals surface area (Å²) in [5.41, 5.74) is 5.76. The van der Waals surface area contributed by atoms with Crippen molar-refractivity contribution in [2.45, 2.75) is 26.7 Å². The number of nitrogen functional groups attached to an aromatic ring is 1. The van der Waals surface area contributed by atoms with Crippen LogP contribution in [0.15, 0.2) is 4.52 Å². The van der Waals surface area contributed by atoms with Crippen molar-refractivity contribution in [2.75, 3.05) is 18.9 Å². The molecule has 0 saturated carbocycles. The lowest BCUT2D eigenvalue weighted by Crippen LogP contribution is -2.17. The summed E-state index contributed by atoms with van der Waals surface area (Å²) in [6.45, 7) is 3.40. The smallest absolute Gasteiger partial charge is 0.346 e. The zero-order valence-corrected chi connectivity index (χ0v) is 10.4. The second kappa shape index (κ2) is 6.63. The molecule has 0 saturated heterocycles. The first-order chi connectivity index (χ1) is 8.56. The van der Waals surface area contributed by atoms with Gasteiger partial charge in [0.25, 0.3) is 0 Å². The van der Waals surface area contributed by atoms with Crippen LogP contribution in [-0.2, 0) is 14.3 Å². The monoisotopic (exact) mass is 256 g/mol. The molecule has 0 bridgehead atoms. The molecule has 0 atom stereocenters. The fourth-order valence-corrected chi connectivity index (χ4v) is 1.20. The van der Waals surface area contributed by atoms with Gasteiger partial charge in [-0.2, -0.15) is 0 Å². The van der Waals surface area contributed by atoms with E-state index in [1.165, 1.54) is 0 Å². The lowest BCUT2D eigenvalue weighted by molar-refractivity contribution is -0.147. The summed E-state index contributed by atoms with van der Waals surface area (Å²) in [6.07, 6.45) is 1.70. The molecular formula is C11H16N2O5. The summed E-state index contributed by atoms with van der Waals surface area (Å²) >= 11 is 0. The van der Waals surface area contributed by atoms with Gasteiger partial charge in [-0.15, -0.1) is 0 Å². The largest absolute Gasteiger partial charge is 0.463 e. The van der Waals surface area contributed by atoms with E-state index in [2.05, 4.69) is 9.68 Å². The molecule has 0 aliphatic carbocycles. The molecule has 18 heavy (non-hydrogen) atoms. The van der Waals surface area contributed by atoms with Gasteiger partial charge in [-0.05, 0) is 13.3 Å². The molecule has 1 aromatic heterocycles. The molecule has 0 aliphatic heterocycles. The number of nitrogens with zero attached hydrogens (tertiary/aromatic N) is 1. The third-order valence-electron chi connectivity index (χ3n) is 2.18. The van der Waals surface area contributed by atoms with Gasteiger partial charge in [-0.3, -0.25) is 0 Å². The highest BCUT2D eigenvalue weighted by Crippen LogP contribution is 2.16. The zero-order valence-electron chi connectivity index (χ0n) is 10.4. The van der Waals surface area contributed by atoms with Crippen LogP contribution < -0.4 is 5.73 Å². The first kappa shape index (κ1) is 14.0. The van der Waals surface area contributed by atoms with Crippen molar-refractivity contribution in [3.63, 3.8) is 0 Å². The summed E-state index contributed by atoms with van der Waals surface area (Å²) in [5, 5.41) is 3.51. The van der Waals surface area contributed by atoms with Crippen LogP contribution in [0.1, 0.15) is 35.8 Å². The highest BCUT2D eigenvalue weighted by molar-refractivity contribution is 5.95. The fourth-order valence-electron chi connectivity index (χ4n) is 1.20. The van der Waals surface area contributed by atoms with Gasteiger partial charge in [0.05, 0.1) is 12.3 Å². The molecule has 0 aliphatic rings. The van der Waals surface area contributed by atoms with Crippen LogP contribution in [0.3, 0.4) is 0 Å². The Morgan fingerprint density at radius 1 is 1.39 bits per heavy atom. The Balaban J connectivity index is 2.40. The number of rotatable bonds is 6. The number of carbonyl (C=O) groups is 2. The molecule has 0 spiro atoms. The molecule has 7 heteroatoms. The Kier molecular flexibility index (Phi) is 5.16. The second-order valence-electron chi connectivity index (χ2n) is 3.66. The topological polar surface area (TPSA) is 105 Å². The van der Waals surface area contributed by atoms with Crippen molar-refractivity contribution in [3.05, 3.63) is 11.3 Å². The molecule has 7 nitrogen and oxygen atoms in total. The number of nitrogens with two attached hydrogens (primary N) is 1. The Bertz CT molecular complexity index is 408. The van der Waals surface area contributed by atoms with Gasteiger partial charge in [0.1, 0.15) is 5.56 Å². The van der Waals surface area contributed by atoms with E-state index in [0.29, 0.717) is 12.3 Å². The third-order valence-corrected chi connectivity index (χ3v) is 2.18. The van der Waals surface area contributed by atoms with Crippen LogP contribution in [0.5, 0.6) is 0 Å². The molecule has 0 unspecified atom stereocenters. The van der Waals surface area contributed by atoms with Crippen LogP contribution in [0.4, 0.5) is 5.88 Å². The summed E-state index contributed by atoms with van der Waals surface area (Å²) in [6, 6.07) is 0. The number of unbranched alkanes of at least 4 members (excludes halogenated alkanes) is 1. The fraction of sp³-hybridized carbons (Fsp3) is 0.545. The van der Waals surface area contributed by atoms with Crippen molar-refractivity contribution in [1.29, 1.82) is 0 Å². The average Bonchev–Trinajstić information content (AvgIpc) is 2.66. The predicted octanol–water partition coefficient (Wildman–Crippen LogP) is 1.07. The van der Waals surface area contributed by atoms with E-state index >= 15 is 0 Å². The van der Waals surface area contributed by atoms with Crippen LogP contribution in [0.25, 0.3) is 0 Å². The summed E-state index contributed by atoms with van der Waals surface area (Å²) in [4.78, 5) is 22.8. The van der Waals surface area contributed by atoms with Gasteiger partial charge in [0.2, 0.25) is 5.88 Å². The molecule has 1 heterocycles. The molecule has 0 fully saturated rings. The van der Waals surface area contributed by atoms with Crippen molar-refractivity contribution < 1.29 is 23.6 Å². The minimum Gasteiger partial charge on any atom is -0.463 e. The minimum absolute atomic E-state index is 0.0383. The van der Waals surface area contributed by atoms with Crippen molar-refractivity contribution in [3.8, 4) is 0 Å². The van der Waals surface area contributed by atoms with Crippen LogP contribution in [0, 0.1) is 6.92 Å². The predicted molar refractivity (Wildman–Crippen MR) is 61.8 cm³/mol. The van der Waals surface area contributed by atoms with E-state index in [9.17, 15) is 9.59 Å². The van der Waals surface area contributed by atoms with Gasteiger partial charge in [-0.1, -0.05) is 18.5 Å². The Labute approximate surface area is 104 Å². The minimum atomic E-state index is -0.751. The highest BCUT2D eigenvalue weighted by Gasteiger charge is 2.20.